The van der Waals surface area contributed by atoms with E-state index in [9.17, 15) is 13.2 Å². The van der Waals surface area contributed by atoms with Gasteiger partial charge < -0.3 is 9.47 Å². The molecule has 8 nitrogen and oxygen atoms in total. The van der Waals surface area contributed by atoms with Crippen LogP contribution in [0.4, 0.5) is 11.4 Å². The minimum Gasteiger partial charge on any atom is -0.431 e. The van der Waals surface area contributed by atoms with Gasteiger partial charge in [-0.2, -0.15) is 0 Å². The predicted molar refractivity (Wildman–Crippen MR) is 158 cm³/mol. The second-order valence-electron chi connectivity index (χ2n) is 9.99. The average molecular weight is 566 g/mol. The molecule has 0 aromatic heterocycles. The van der Waals surface area contributed by atoms with Crippen molar-refractivity contribution in [2.24, 2.45) is 4.99 Å². The van der Waals surface area contributed by atoms with Crippen LogP contribution in [-0.2, 0) is 10.0 Å². The highest BCUT2D eigenvalue weighted by Gasteiger charge is 2.47. The fraction of sp³-hybridized carbons (Fsp3) is 0.125. The molecule has 0 bridgehead atoms. The third-order valence-electron chi connectivity index (χ3n) is 6.98. The minimum atomic E-state index is -3.82. The van der Waals surface area contributed by atoms with Gasteiger partial charge in [0.05, 0.1) is 21.8 Å². The van der Waals surface area contributed by atoms with E-state index in [1.54, 1.807) is 92.1 Å². The zero-order chi connectivity index (χ0) is 28.8. The van der Waals surface area contributed by atoms with Crippen LogP contribution in [0, 0.1) is 13.8 Å². The summed E-state index contributed by atoms with van der Waals surface area (Å²) in [5.74, 6) is -0.783. The maximum atomic E-state index is 13.2. The molecular formula is C32H27N3O5S. The summed E-state index contributed by atoms with van der Waals surface area (Å²) in [6, 6.07) is 24.5. The van der Waals surface area contributed by atoms with Gasteiger partial charge in [-0.1, -0.05) is 42.0 Å². The smallest absolute Gasteiger partial charge is 0.362 e. The van der Waals surface area contributed by atoms with Gasteiger partial charge in [0.25, 0.3) is 15.9 Å². The number of ether oxygens (including phenoxy) is 2. The van der Waals surface area contributed by atoms with Gasteiger partial charge in [0, 0.05) is 30.5 Å². The van der Waals surface area contributed by atoms with Crippen LogP contribution in [0.5, 0.6) is 11.5 Å². The van der Waals surface area contributed by atoms with Crippen LogP contribution in [0.3, 0.4) is 0 Å². The molecule has 0 radical (unpaired) electrons. The van der Waals surface area contributed by atoms with Gasteiger partial charge in [-0.3, -0.25) is 19.4 Å². The van der Waals surface area contributed by atoms with E-state index in [-0.39, 0.29) is 10.8 Å². The number of aliphatic imine (C=N–C) groups is 1. The fourth-order valence-corrected chi connectivity index (χ4v) is 5.87. The van der Waals surface area contributed by atoms with Crippen LogP contribution >= 0.6 is 0 Å². The normalized spacial score (nSPS) is 17.6. The first kappa shape index (κ1) is 26.3. The van der Waals surface area contributed by atoms with E-state index in [0.29, 0.717) is 34.0 Å². The van der Waals surface area contributed by atoms with Crippen molar-refractivity contribution >= 4 is 39.6 Å². The Labute approximate surface area is 238 Å². The summed E-state index contributed by atoms with van der Waals surface area (Å²) in [6.07, 6.45) is 5.21. The van der Waals surface area contributed by atoms with Gasteiger partial charge in [0.2, 0.25) is 0 Å². The molecule has 2 aliphatic heterocycles. The van der Waals surface area contributed by atoms with Crippen LogP contribution in [0.15, 0.2) is 101 Å². The van der Waals surface area contributed by atoms with Crippen LogP contribution in [0.1, 0.15) is 32.6 Å². The van der Waals surface area contributed by atoms with E-state index in [0.717, 1.165) is 16.7 Å². The Bertz CT molecular complexity index is 1850. The first-order valence-electron chi connectivity index (χ1n) is 13.0. The van der Waals surface area contributed by atoms with Crippen molar-refractivity contribution < 1.29 is 22.7 Å². The number of anilines is 1. The minimum absolute atomic E-state index is 0.160. The van der Waals surface area contributed by atoms with Crippen molar-refractivity contribution in [2.75, 3.05) is 11.8 Å². The third-order valence-corrected chi connectivity index (χ3v) is 8.36. The molecule has 1 N–H and O–H groups in total. The van der Waals surface area contributed by atoms with Crippen LogP contribution in [0.25, 0.3) is 6.08 Å². The molecule has 41 heavy (non-hydrogen) atoms. The van der Waals surface area contributed by atoms with Crippen molar-refractivity contribution in [3.05, 3.63) is 119 Å². The number of benzene rings is 4. The molecule has 0 saturated heterocycles. The van der Waals surface area contributed by atoms with Crippen LogP contribution in [-0.4, -0.2) is 38.4 Å². The SMILES string of the molecule is Cc1ccc(S(=O)(=O)Nc2ccccc2N=Cc2cc(C)cc3c2OC2(C=C3)Oc3ccccc3C(=O)N2C)cc1. The quantitative estimate of drug-likeness (QED) is 0.296. The summed E-state index contributed by atoms with van der Waals surface area (Å²) >= 11 is 0. The molecule has 0 aliphatic carbocycles. The van der Waals surface area contributed by atoms with Gasteiger partial charge in [-0.15, -0.1) is 0 Å². The molecule has 4 aromatic rings. The van der Waals surface area contributed by atoms with Crippen molar-refractivity contribution in [3.8, 4) is 11.5 Å². The number of carbonyl (C=O) groups is 1. The summed E-state index contributed by atoms with van der Waals surface area (Å²) in [4.78, 5) is 19.4. The number of rotatable bonds is 5. The standard InChI is InChI=1S/C32H27N3O5S/c1-21-12-14-25(15-13-21)41(37,38)34-28-10-6-5-9-27(28)33-20-24-19-22(2)18-23-16-17-32(40-30(23)24)35(3)31(36)26-8-4-7-11-29(26)39-32/h4-20,34H,1-3H3. The number of aryl methyl sites for hydroxylation is 2. The second kappa shape index (κ2) is 9.94. The summed E-state index contributed by atoms with van der Waals surface area (Å²) in [5.41, 5.74) is 4.60. The summed E-state index contributed by atoms with van der Waals surface area (Å²) < 4.78 is 41.5. The number of hydrogen-bond acceptors (Lipinski definition) is 6. The molecule has 1 spiro atoms. The maximum Gasteiger partial charge on any atom is 0.362 e. The number of carbonyl (C=O) groups excluding carboxylic acids is 1. The molecule has 0 saturated carbocycles. The molecule has 4 aromatic carbocycles. The third kappa shape index (κ3) is 4.85. The molecule has 2 aliphatic rings. The van der Waals surface area contributed by atoms with E-state index in [4.69, 9.17) is 9.47 Å². The fourth-order valence-electron chi connectivity index (χ4n) is 4.79. The zero-order valence-corrected chi connectivity index (χ0v) is 23.5. The summed E-state index contributed by atoms with van der Waals surface area (Å²) in [6.45, 7) is 3.86. The number of sulfonamides is 1. The Morgan fingerprint density at radius 2 is 1.63 bits per heavy atom. The largest absolute Gasteiger partial charge is 0.431 e. The number of fused-ring (bicyclic) bond motifs is 2. The molecule has 1 amide bonds. The van der Waals surface area contributed by atoms with Crippen molar-refractivity contribution in [3.63, 3.8) is 0 Å². The Hall–Kier alpha value is -4.89. The highest BCUT2D eigenvalue weighted by atomic mass is 32.2. The van der Waals surface area contributed by atoms with E-state index in [1.807, 2.05) is 32.1 Å². The van der Waals surface area contributed by atoms with Crippen molar-refractivity contribution in [1.82, 2.24) is 4.90 Å². The van der Waals surface area contributed by atoms with Gasteiger partial charge in [0.1, 0.15) is 11.5 Å². The van der Waals surface area contributed by atoms with E-state index < -0.39 is 15.9 Å². The maximum absolute atomic E-state index is 13.2. The number of hydrogen-bond donors (Lipinski definition) is 1. The lowest BCUT2D eigenvalue weighted by atomic mass is 10.0. The lowest BCUT2D eigenvalue weighted by molar-refractivity contribution is -0.166. The molecular weight excluding hydrogens is 538 g/mol. The predicted octanol–water partition coefficient (Wildman–Crippen LogP) is 6.08. The number of nitrogens with zero attached hydrogens (tertiary/aromatic N) is 2. The Morgan fingerprint density at radius 3 is 2.44 bits per heavy atom. The van der Waals surface area contributed by atoms with E-state index in [2.05, 4.69) is 9.71 Å². The molecule has 9 heteroatoms. The van der Waals surface area contributed by atoms with Crippen molar-refractivity contribution in [1.29, 1.82) is 0 Å². The molecule has 0 fully saturated rings. The first-order valence-corrected chi connectivity index (χ1v) is 14.5. The van der Waals surface area contributed by atoms with Gasteiger partial charge >= 0.3 is 5.91 Å². The average Bonchev–Trinajstić information content (AvgIpc) is 2.96. The molecule has 6 rings (SSSR count). The van der Waals surface area contributed by atoms with Gasteiger partial charge in [0.15, 0.2) is 0 Å². The summed E-state index contributed by atoms with van der Waals surface area (Å²) in [7, 11) is -2.19. The molecule has 206 valence electrons. The Balaban J connectivity index is 1.34. The monoisotopic (exact) mass is 565 g/mol. The number of nitrogens with one attached hydrogen (secondary N) is 1. The number of likely N-dealkylation sites (N-methyl/N-ethyl adjacent to an activating group) is 1. The Morgan fingerprint density at radius 1 is 0.902 bits per heavy atom. The highest BCUT2D eigenvalue weighted by Crippen LogP contribution is 2.41. The zero-order valence-electron chi connectivity index (χ0n) is 22.7. The molecule has 1 atom stereocenters. The second-order valence-corrected chi connectivity index (χ2v) is 11.7. The summed E-state index contributed by atoms with van der Waals surface area (Å²) in [5, 5.41) is 0. The van der Waals surface area contributed by atoms with Crippen LogP contribution in [0.2, 0.25) is 0 Å². The number of para-hydroxylation sites is 3. The molecule has 2 heterocycles. The highest BCUT2D eigenvalue weighted by molar-refractivity contribution is 7.92. The Kier molecular flexibility index (Phi) is 6.38. The van der Waals surface area contributed by atoms with Crippen LogP contribution < -0.4 is 14.2 Å². The topological polar surface area (TPSA) is 97.3 Å². The lowest BCUT2D eigenvalue weighted by Crippen LogP contribution is -2.60. The van der Waals surface area contributed by atoms with E-state index in [1.165, 1.54) is 4.90 Å². The van der Waals surface area contributed by atoms with Gasteiger partial charge in [-0.05, 0) is 74.0 Å². The number of amides is 1. The van der Waals surface area contributed by atoms with Crippen molar-refractivity contribution in [2.45, 2.75) is 24.7 Å². The van der Waals surface area contributed by atoms with E-state index >= 15 is 0 Å². The first-order chi connectivity index (χ1) is 19.6. The molecule has 1 unspecified atom stereocenters. The lowest BCUT2D eigenvalue weighted by Gasteiger charge is -2.44. The van der Waals surface area contributed by atoms with Gasteiger partial charge in [-0.25, -0.2) is 8.42 Å².